The molecule has 0 fully saturated rings. The van der Waals surface area contributed by atoms with Crippen molar-refractivity contribution in [1.82, 2.24) is 0 Å². The quantitative estimate of drug-likeness (QED) is 0.382. The lowest BCUT2D eigenvalue weighted by Crippen LogP contribution is -2.26. The second-order valence-electron chi connectivity index (χ2n) is 10.6. The molecule has 2 aromatic rings. The van der Waals surface area contributed by atoms with Crippen LogP contribution in [0, 0.1) is 0 Å². The van der Waals surface area contributed by atoms with Crippen molar-refractivity contribution in [2.75, 3.05) is 19.0 Å². The highest BCUT2D eigenvalue weighted by Gasteiger charge is 2.42. The van der Waals surface area contributed by atoms with Crippen molar-refractivity contribution in [3.8, 4) is 0 Å². The van der Waals surface area contributed by atoms with Gasteiger partial charge in [-0.2, -0.15) is 4.58 Å². The summed E-state index contributed by atoms with van der Waals surface area (Å²) in [6.07, 6.45) is 13.9. The number of allylic oxidation sites excluding steroid dienone is 10. The van der Waals surface area contributed by atoms with E-state index in [-0.39, 0.29) is 16.6 Å². The van der Waals surface area contributed by atoms with E-state index in [1.165, 1.54) is 33.9 Å². The molecule has 0 aromatic heterocycles. The van der Waals surface area contributed by atoms with Gasteiger partial charge in [-0.3, -0.25) is 4.79 Å². The van der Waals surface area contributed by atoms with Crippen LogP contribution in [0.15, 0.2) is 108 Å². The molecule has 176 valence electrons. The van der Waals surface area contributed by atoms with Crippen LogP contribution in [-0.4, -0.2) is 30.2 Å². The number of hydrogen-bond acceptors (Lipinski definition) is 2. The van der Waals surface area contributed by atoms with Crippen molar-refractivity contribution in [2.45, 2.75) is 38.5 Å². The first-order valence-corrected chi connectivity index (χ1v) is 12.2. The van der Waals surface area contributed by atoms with Crippen LogP contribution in [0.1, 0.15) is 38.8 Å². The van der Waals surface area contributed by atoms with E-state index in [1.807, 2.05) is 18.2 Å². The third-order valence-corrected chi connectivity index (χ3v) is 7.77. The smallest absolute Gasteiger partial charge is 0.209 e. The normalized spacial score (nSPS) is 22.4. The molecule has 0 N–H and O–H groups in total. The van der Waals surface area contributed by atoms with Gasteiger partial charge >= 0.3 is 0 Å². The molecule has 0 bridgehead atoms. The van der Waals surface area contributed by atoms with Gasteiger partial charge in [-0.25, -0.2) is 0 Å². The van der Waals surface area contributed by atoms with Crippen LogP contribution >= 0.6 is 0 Å². The van der Waals surface area contributed by atoms with Gasteiger partial charge in [0.1, 0.15) is 7.05 Å². The number of benzene rings is 2. The fraction of sp³-hybridized carbons (Fsp3) is 0.250. The Bertz CT molecular complexity index is 1420. The largest absolute Gasteiger partial charge is 0.347 e. The summed E-state index contributed by atoms with van der Waals surface area (Å²) in [7, 11) is 4.22. The number of ketones is 1. The third kappa shape index (κ3) is 3.67. The summed E-state index contributed by atoms with van der Waals surface area (Å²) in [5.74, 6) is 0.0355. The zero-order valence-electron chi connectivity index (χ0n) is 21.5. The Morgan fingerprint density at radius 2 is 1.51 bits per heavy atom. The van der Waals surface area contributed by atoms with Crippen LogP contribution < -0.4 is 4.90 Å². The van der Waals surface area contributed by atoms with Gasteiger partial charge in [0.05, 0.1) is 5.41 Å². The minimum absolute atomic E-state index is 0.0355. The Kier molecular flexibility index (Phi) is 5.40. The highest BCUT2D eigenvalue weighted by molar-refractivity contribution is 6.08. The number of carbonyl (C=O) groups is 1. The minimum Gasteiger partial charge on any atom is -0.347 e. The Labute approximate surface area is 208 Å². The molecule has 1 aliphatic carbocycles. The van der Waals surface area contributed by atoms with Gasteiger partial charge in [0.2, 0.25) is 5.69 Å². The van der Waals surface area contributed by atoms with Crippen molar-refractivity contribution in [2.24, 2.45) is 0 Å². The summed E-state index contributed by atoms with van der Waals surface area (Å²) in [5.41, 5.74) is 9.06. The van der Waals surface area contributed by atoms with Gasteiger partial charge < -0.3 is 4.90 Å². The first-order chi connectivity index (χ1) is 16.6. The van der Waals surface area contributed by atoms with E-state index in [4.69, 9.17) is 0 Å². The first-order valence-electron chi connectivity index (χ1n) is 12.2. The molecule has 2 aliphatic heterocycles. The lowest BCUT2D eigenvalue weighted by molar-refractivity contribution is -0.401. The maximum atomic E-state index is 12.7. The van der Waals surface area contributed by atoms with Crippen LogP contribution in [0.4, 0.5) is 11.4 Å². The number of anilines is 1. The Balaban J connectivity index is 1.45. The fourth-order valence-corrected chi connectivity index (χ4v) is 5.75. The lowest BCUT2D eigenvalue weighted by atomic mass is 9.81. The maximum Gasteiger partial charge on any atom is 0.209 e. The molecule has 0 atom stereocenters. The summed E-state index contributed by atoms with van der Waals surface area (Å²) in [4.78, 5) is 14.9. The van der Waals surface area contributed by atoms with E-state index >= 15 is 0 Å². The fourth-order valence-electron chi connectivity index (χ4n) is 5.75. The Hall–Kier alpha value is -3.72. The average Bonchev–Trinajstić information content (AvgIpc) is 3.16. The molecule has 3 heteroatoms. The molecule has 2 aromatic carbocycles. The standard InChI is InChI=1S/C32H33N2O/c1-31(2)24-11-7-9-13-26(24)33(5)29(31)19-16-22-15-18-28(35)23(21-22)17-20-30-32(3,4)25-12-8-10-14-27(25)34(30)6/h7-21H,1-6H3/q+1. The first kappa shape index (κ1) is 23.0. The van der Waals surface area contributed by atoms with Gasteiger partial charge in [0, 0.05) is 47.1 Å². The van der Waals surface area contributed by atoms with Gasteiger partial charge in [-0.1, -0.05) is 56.3 Å². The van der Waals surface area contributed by atoms with E-state index in [9.17, 15) is 4.79 Å². The predicted octanol–water partition coefficient (Wildman–Crippen LogP) is 6.55. The molecular formula is C32H33N2O+. The van der Waals surface area contributed by atoms with Crippen LogP contribution in [0.2, 0.25) is 0 Å². The molecule has 3 nitrogen and oxygen atoms in total. The zero-order chi connectivity index (χ0) is 25.0. The van der Waals surface area contributed by atoms with Crippen molar-refractivity contribution >= 4 is 22.9 Å². The highest BCUT2D eigenvalue weighted by Crippen LogP contribution is 2.46. The molecule has 0 spiro atoms. The topological polar surface area (TPSA) is 23.3 Å². The van der Waals surface area contributed by atoms with E-state index in [2.05, 4.69) is 118 Å². The SMILES string of the molecule is CN1/C(=C/C=C2C=C(/C=C/C3=[N+](C)c4ccccc4C3(C)C)C=CC/2=O)C(C)(C)c2ccccc21. The summed E-state index contributed by atoms with van der Waals surface area (Å²) in [6.45, 7) is 9.00. The number of para-hydroxylation sites is 2. The summed E-state index contributed by atoms with van der Waals surface area (Å²) in [6, 6.07) is 17.1. The molecule has 35 heavy (non-hydrogen) atoms. The van der Waals surface area contributed by atoms with Gasteiger partial charge in [-0.15, -0.1) is 0 Å². The Morgan fingerprint density at radius 3 is 2.23 bits per heavy atom. The molecule has 2 heterocycles. The number of carbonyl (C=O) groups excluding carboxylic acids is 1. The monoisotopic (exact) mass is 461 g/mol. The van der Waals surface area contributed by atoms with Crippen molar-refractivity contribution in [1.29, 1.82) is 0 Å². The second-order valence-corrected chi connectivity index (χ2v) is 10.6. The van der Waals surface area contributed by atoms with Gasteiger partial charge in [0.15, 0.2) is 11.5 Å². The van der Waals surface area contributed by atoms with E-state index < -0.39 is 0 Å². The Morgan fingerprint density at radius 1 is 0.829 bits per heavy atom. The van der Waals surface area contributed by atoms with Crippen LogP contribution in [0.3, 0.4) is 0 Å². The minimum atomic E-state index is -0.118. The molecular weight excluding hydrogens is 428 g/mol. The molecule has 0 radical (unpaired) electrons. The molecule has 0 unspecified atom stereocenters. The number of likely N-dealkylation sites (N-methyl/N-ethyl adjacent to an activating group) is 1. The molecule has 0 saturated heterocycles. The summed E-state index contributed by atoms with van der Waals surface area (Å²) < 4.78 is 2.26. The number of nitrogens with zero attached hydrogens (tertiary/aromatic N) is 2. The van der Waals surface area contributed by atoms with Crippen LogP contribution in [0.25, 0.3) is 0 Å². The van der Waals surface area contributed by atoms with E-state index in [1.54, 1.807) is 6.08 Å². The van der Waals surface area contributed by atoms with Gasteiger partial charge in [-0.05, 0) is 61.4 Å². The second kappa shape index (κ2) is 8.20. The number of hydrogen-bond donors (Lipinski definition) is 0. The highest BCUT2D eigenvalue weighted by atomic mass is 16.1. The molecule has 5 rings (SSSR count). The van der Waals surface area contributed by atoms with E-state index in [0.29, 0.717) is 5.57 Å². The summed E-state index contributed by atoms with van der Waals surface area (Å²) in [5, 5.41) is 0. The van der Waals surface area contributed by atoms with Crippen molar-refractivity contribution < 1.29 is 9.37 Å². The third-order valence-electron chi connectivity index (χ3n) is 7.77. The average molecular weight is 462 g/mol. The molecule has 3 aliphatic rings. The molecule has 0 amide bonds. The number of rotatable bonds is 3. The van der Waals surface area contributed by atoms with Crippen LogP contribution in [-0.2, 0) is 15.6 Å². The lowest BCUT2D eigenvalue weighted by Gasteiger charge is -2.23. The van der Waals surface area contributed by atoms with Crippen molar-refractivity contribution in [3.05, 3.63) is 119 Å². The molecule has 0 saturated carbocycles. The van der Waals surface area contributed by atoms with Crippen molar-refractivity contribution in [3.63, 3.8) is 0 Å². The summed E-state index contributed by atoms with van der Waals surface area (Å²) >= 11 is 0. The van der Waals surface area contributed by atoms with Gasteiger partial charge in [0.25, 0.3) is 0 Å². The predicted molar refractivity (Wildman–Crippen MR) is 146 cm³/mol. The van der Waals surface area contributed by atoms with Crippen LogP contribution in [0.5, 0.6) is 0 Å². The zero-order valence-corrected chi connectivity index (χ0v) is 21.5. The van der Waals surface area contributed by atoms with E-state index in [0.717, 1.165) is 5.57 Å². The maximum absolute atomic E-state index is 12.7. The number of fused-ring (bicyclic) bond motifs is 2.